The molecular formula is C23H24FN5O. The number of pyridine rings is 1. The molecule has 1 aliphatic rings. The summed E-state index contributed by atoms with van der Waals surface area (Å²) in [6.07, 6.45) is 3.99. The number of rotatable bonds is 4. The fraction of sp³-hybridized carbons (Fsp3) is 0.348. The van der Waals surface area contributed by atoms with Gasteiger partial charge in [0.05, 0.1) is 18.4 Å². The predicted octanol–water partition coefficient (Wildman–Crippen LogP) is 3.37. The molecule has 1 fully saturated rings. The van der Waals surface area contributed by atoms with Crippen molar-refractivity contribution < 1.29 is 4.39 Å². The largest absolute Gasteiger partial charge is 0.339 e. The van der Waals surface area contributed by atoms with Gasteiger partial charge in [0.25, 0.3) is 5.56 Å². The molecule has 0 unspecified atom stereocenters. The van der Waals surface area contributed by atoms with Gasteiger partial charge >= 0.3 is 0 Å². The molecule has 4 aromatic rings. The quantitative estimate of drug-likeness (QED) is 0.522. The molecule has 6 nitrogen and oxygen atoms in total. The first kappa shape index (κ1) is 18.9. The van der Waals surface area contributed by atoms with E-state index in [1.54, 1.807) is 12.3 Å². The van der Waals surface area contributed by atoms with E-state index in [0.717, 1.165) is 35.4 Å². The second-order valence-corrected chi connectivity index (χ2v) is 8.14. The first-order valence-electron chi connectivity index (χ1n) is 10.3. The molecule has 0 atom stereocenters. The van der Waals surface area contributed by atoms with E-state index in [9.17, 15) is 9.18 Å². The van der Waals surface area contributed by atoms with Crippen LogP contribution in [-0.4, -0.2) is 37.3 Å². The fourth-order valence-corrected chi connectivity index (χ4v) is 4.47. The summed E-state index contributed by atoms with van der Waals surface area (Å²) in [5, 5.41) is 5.75. The second kappa shape index (κ2) is 7.32. The Balaban J connectivity index is 1.61. The highest BCUT2D eigenvalue weighted by Crippen LogP contribution is 2.29. The van der Waals surface area contributed by atoms with Gasteiger partial charge in [0.15, 0.2) is 0 Å². The maximum Gasteiger partial charge on any atom is 0.291 e. The van der Waals surface area contributed by atoms with Crippen molar-refractivity contribution in [2.45, 2.75) is 32.9 Å². The van der Waals surface area contributed by atoms with Crippen LogP contribution in [0.1, 0.15) is 29.8 Å². The van der Waals surface area contributed by atoms with Crippen molar-refractivity contribution in [2.24, 2.45) is 7.05 Å². The van der Waals surface area contributed by atoms with E-state index in [4.69, 9.17) is 0 Å². The zero-order valence-corrected chi connectivity index (χ0v) is 17.2. The minimum atomic E-state index is -0.227. The van der Waals surface area contributed by atoms with Gasteiger partial charge in [0, 0.05) is 41.1 Å². The first-order chi connectivity index (χ1) is 14.5. The highest BCUT2D eigenvalue weighted by atomic mass is 19.1. The van der Waals surface area contributed by atoms with Gasteiger partial charge in [-0.1, -0.05) is 6.07 Å². The molecule has 0 aliphatic carbocycles. The van der Waals surface area contributed by atoms with Gasteiger partial charge in [-0.2, -0.15) is 5.10 Å². The zero-order chi connectivity index (χ0) is 20.8. The molecule has 4 heterocycles. The van der Waals surface area contributed by atoms with Crippen LogP contribution in [0.3, 0.4) is 0 Å². The van der Waals surface area contributed by atoms with E-state index in [1.807, 2.05) is 42.8 Å². The summed E-state index contributed by atoms with van der Waals surface area (Å²) < 4.78 is 18.2. The third kappa shape index (κ3) is 3.19. The number of hydrogen-bond donors (Lipinski definition) is 0. The third-order valence-corrected chi connectivity index (χ3v) is 6.02. The smallest absolute Gasteiger partial charge is 0.291 e. The lowest BCUT2D eigenvalue weighted by Crippen LogP contribution is -2.25. The van der Waals surface area contributed by atoms with Gasteiger partial charge in [0.2, 0.25) is 0 Å². The van der Waals surface area contributed by atoms with Crippen molar-refractivity contribution in [1.82, 2.24) is 24.2 Å². The molecule has 0 N–H and O–H groups in total. The molecule has 30 heavy (non-hydrogen) atoms. The van der Waals surface area contributed by atoms with E-state index in [1.165, 1.54) is 17.5 Å². The number of halogens is 1. The molecular weight excluding hydrogens is 381 g/mol. The number of aromatic nitrogens is 4. The number of likely N-dealkylation sites (tertiary alicyclic amines) is 1. The minimum absolute atomic E-state index is 0.198. The Labute approximate surface area is 173 Å². The van der Waals surface area contributed by atoms with Crippen LogP contribution in [0, 0.1) is 12.7 Å². The van der Waals surface area contributed by atoms with E-state index < -0.39 is 0 Å². The van der Waals surface area contributed by atoms with Crippen LogP contribution in [-0.2, 0) is 20.1 Å². The van der Waals surface area contributed by atoms with Crippen molar-refractivity contribution in [3.8, 4) is 0 Å². The Hall–Kier alpha value is -3.06. The molecule has 1 saturated heterocycles. The van der Waals surface area contributed by atoms with Crippen LogP contribution in [0.15, 0.2) is 41.3 Å². The van der Waals surface area contributed by atoms with Crippen LogP contribution in [0.25, 0.3) is 21.8 Å². The lowest BCUT2D eigenvalue weighted by Gasteiger charge is -2.15. The van der Waals surface area contributed by atoms with Crippen molar-refractivity contribution in [2.75, 3.05) is 13.1 Å². The lowest BCUT2D eigenvalue weighted by atomic mass is 10.1. The fourth-order valence-electron chi connectivity index (χ4n) is 4.47. The van der Waals surface area contributed by atoms with Gasteiger partial charge in [0.1, 0.15) is 11.3 Å². The predicted molar refractivity (Wildman–Crippen MR) is 115 cm³/mol. The molecule has 0 amide bonds. The maximum atomic E-state index is 14.9. The number of benzene rings is 1. The standard InChI is InChI=1S/C23H24FN5O/c1-15-6-5-7-17(26-15)14-29-23(30)22-19(12-25-29)18-11-20(24)16(10-21(18)27(22)2)13-28-8-3-4-9-28/h5-7,10-12H,3-4,8-9,13-14H2,1-2H3. The Morgan fingerprint density at radius 2 is 1.90 bits per heavy atom. The van der Waals surface area contributed by atoms with E-state index in [0.29, 0.717) is 29.6 Å². The molecule has 5 rings (SSSR count). The number of fused-ring (bicyclic) bond motifs is 3. The molecule has 0 bridgehead atoms. The summed E-state index contributed by atoms with van der Waals surface area (Å²) in [4.78, 5) is 19.9. The lowest BCUT2D eigenvalue weighted by molar-refractivity contribution is 0.325. The van der Waals surface area contributed by atoms with Gasteiger partial charge < -0.3 is 4.57 Å². The van der Waals surface area contributed by atoms with Crippen LogP contribution >= 0.6 is 0 Å². The summed E-state index contributed by atoms with van der Waals surface area (Å²) >= 11 is 0. The molecule has 7 heteroatoms. The first-order valence-corrected chi connectivity index (χ1v) is 10.3. The Kier molecular flexibility index (Phi) is 4.62. The van der Waals surface area contributed by atoms with E-state index in [-0.39, 0.29) is 11.4 Å². The van der Waals surface area contributed by atoms with Crippen LogP contribution in [0.4, 0.5) is 4.39 Å². The Morgan fingerprint density at radius 1 is 1.10 bits per heavy atom. The third-order valence-electron chi connectivity index (χ3n) is 6.02. The monoisotopic (exact) mass is 405 g/mol. The van der Waals surface area contributed by atoms with Crippen molar-refractivity contribution in [3.05, 3.63) is 69.7 Å². The van der Waals surface area contributed by atoms with E-state index >= 15 is 0 Å². The zero-order valence-electron chi connectivity index (χ0n) is 17.2. The average Bonchev–Trinajstić information content (AvgIpc) is 3.32. The van der Waals surface area contributed by atoms with Gasteiger partial charge in [-0.15, -0.1) is 0 Å². The summed E-state index contributed by atoms with van der Waals surface area (Å²) in [6, 6.07) is 9.15. The minimum Gasteiger partial charge on any atom is -0.339 e. The summed E-state index contributed by atoms with van der Waals surface area (Å²) in [5.74, 6) is -0.227. The van der Waals surface area contributed by atoms with Crippen molar-refractivity contribution in [3.63, 3.8) is 0 Å². The molecule has 1 aliphatic heterocycles. The molecule has 1 aromatic carbocycles. The molecule has 0 spiro atoms. The van der Waals surface area contributed by atoms with Gasteiger partial charge in [-0.05, 0) is 57.1 Å². The number of aryl methyl sites for hydroxylation is 2. The number of hydrogen-bond acceptors (Lipinski definition) is 4. The normalized spacial score (nSPS) is 14.9. The Bertz CT molecular complexity index is 1320. The number of nitrogens with zero attached hydrogens (tertiary/aromatic N) is 5. The van der Waals surface area contributed by atoms with E-state index in [2.05, 4.69) is 15.0 Å². The summed E-state index contributed by atoms with van der Waals surface area (Å²) in [7, 11) is 1.86. The molecule has 154 valence electrons. The van der Waals surface area contributed by atoms with Gasteiger partial charge in [-0.25, -0.2) is 9.07 Å². The SMILES string of the molecule is Cc1cccc(Cn2ncc3c4cc(F)c(CN5CCCC5)cc4n(C)c3c2=O)n1. The van der Waals surface area contributed by atoms with Gasteiger partial charge in [-0.3, -0.25) is 14.7 Å². The summed E-state index contributed by atoms with van der Waals surface area (Å²) in [5.41, 5.74) is 3.54. The Morgan fingerprint density at radius 3 is 2.67 bits per heavy atom. The highest BCUT2D eigenvalue weighted by molar-refractivity contribution is 6.07. The van der Waals surface area contributed by atoms with Crippen molar-refractivity contribution in [1.29, 1.82) is 0 Å². The molecule has 0 saturated carbocycles. The highest BCUT2D eigenvalue weighted by Gasteiger charge is 2.19. The van der Waals surface area contributed by atoms with Crippen molar-refractivity contribution >= 4 is 21.8 Å². The molecule has 3 aromatic heterocycles. The van der Waals surface area contributed by atoms with Crippen LogP contribution in [0.2, 0.25) is 0 Å². The topological polar surface area (TPSA) is 56.0 Å². The van der Waals surface area contributed by atoms with Crippen LogP contribution < -0.4 is 5.56 Å². The second-order valence-electron chi connectivity index (χ2n) is 8.14. The molecule has 0 radical (unpaired) electrons. The average molecular weight is 405 g/mol. The maximum absolute atomic E-state index is 14.9. The van der Waals surface area contributed by atoms with Crippen LogP contribution in [0.5, 0.6) is 0 Å². The summed E-state index contributed by atoms with van der Waals surface area (Å²) in [6.45, 7) is 4.83.